The van der Waals surface area contributed by atoms with Gasteiger partial charge in [-0.1, -0.05) is 18.5 Å². The number of amides is 3. The summed E-state index contributed by atoms with van der Waals surface area (Å²) in [5, 5.41) is 23.8. The zero-order valence-electron chi connectivity index (χ0n) is 21.9. The first-order valence-corrected chi connectivity index (χ1v) is 15.1. The number of carbonyl (C=O) groups excluding carboxylic acids is 2. The molecule has 3 aliphatic rings. The molecule has 222 valence electrons. The number of benzene rings is 2. The van der Waals surface area contributed by atoms with Crippen molar-refractivity contribution >= 4 is 39.1 Å². The maximum Gasteiger partial charge on any atom is 0.317 e. The van der Waals surface area contributed by atoms with Crippen molar-refractivity contribution in [2.24, 2.45) is 17.8 Å². The molecule has 3 amide bonds. The zero-order chi connectivity index (χ0) is 29.8. The predicted molar refractivity (Wildman–Crippen MR) is 143 cm³/mol. The molecule has 1 heterocycles. The second-order valence-corrected chi connectivity index (χ2v) is 13.7. The van der Waals surface area contributed by atoms with E-state index in [1.54, 1.807) is 0 Å². The van der Waals surface area contributed by atoms with Gasteiger partial charge in [0.2, 0.25) is 0 Å². The summed E-state index contributed by atoms with van der Waals surface area (Å²) in [4.78, 5) is 26.7. The van der Waals surface area contributed by atoms with Gasteiger partial charge in [0, 0.05) is 29.4 Å². The molecule has 2 aromatic rings. The third kappa shape index (κ3) is 5.64. The molecule has 1 saturated heterocycles. The van der Waals surface area contributed by atoms with Crippen LogP contribution in [0, 0.1) is 35.2 Å². The molecule has 0 radical (unpaired) electrons. The molecule has 4 N–H and O–H groups in total. The highest BCUT2D eigenvalue weighted by Crippen LogP contribution is 2.49. The molecule has 14 heteroatoms. The van der Waals surface area contributed by atoms with Gasteiger partial charge in [-0.3, -0.25) is 4.79 Å². The van der Waals surface area contributed by atoms with Crippen LogP contribution in [0.25, 0.3) is 0 Å². The number of β-amino-alcohol motifs (C(OH)–C–C–N with tert-alkyl or cyclic N) is 2. The fourth-order valence-electron chi connectivity index (χ4n) is 6.38. The molecule has 9 nitrogen and oxygen atoms in total. The number of aliphatic hydroxyl groups is 2. The number of nitrogens with one attached hydrogen (secondary N) is 2. The summed E-state index contributed by atoms with van der Waals surface area (Å²) in [7, 11) is -4.04. The van der Waals surface area contributed by atoms with Gasteiger partial charge in [-0.2, -0.15) is 0 Å². The summed E-state index contributed by atoms with van der Waals surface area (Å²) >= 11 is 6.28. The topological polar surface area (TPSA) is 136 Å². The fourth-order valence-corrected chi connectivity index (χ4v) is 8.79. The van der Waals surface area contributed by atoms with Crippen molar-refractivity contribution in [3.8, 4) is 0 Å². The van der Waals surface area contributed by atoms with Gasteiger partial charge in [0.25, 0.3) is 5.91 Å². The maximum atomic E-state index is 13.8. The third-order valence-corrected chi connectivity index (χ3v) is 11.1. The normalized spacial score (nSPS) is 29.4. The molecular formula is C27H29ClF3N3O6S. The highest BCUT2D eigenvalue weighted by atomic mass is 35.5. The molecule has 1 aliphatic heterocycles. The highest BCUT2D eigenvalue weighted by molar-refractivity contribution is 7.92. The lowest BCUT2D eigenvalue weighted by Crippen LogP contribution is -2.52. The summed E-state index contributed by atoms with van der Waals surface area (Å²) in [6.07, 6.45) is -0.832. The molecule has 2 aliphatic carbocycles. The van der Waals surface area contributed by atoms with Gasteiger partial charge >= 0.3 is 6.03 Å². The van der Waals surface area contributed by atoms with E-state index in [9.17, 15) is 41.4 Å². The van der Waals surface area contributed by atoms with E-state index in [-0.39, 0.29) is 70.9 Å². The maximum absolute atomic E-state index is 13.8. The number of aliphatic hydroxyl groups excluding tert-OH is 2. The lowest BCUT2D eigenvalue weighted by atomic mass is 9.82. The standard InChI is InChI=1S/C27H29ClF3N3O6S/c1-12-4-14-5-16(9-17(12)25(14)33-27(38)34-10-21(35)22(36)11-34)41(39,40)23-6-13(2-3-18(23)28)26(37)32-15-7-19(29)24(31)20(30)8-15/h2-3,6-8,12,14,16-17,21-22,25,35-36H,4-5,9-11H2,1H3,(H,32,37)(H,33,38)/t12-,14?,16?,17+,21?,22?,25?/m0/s1. The van der Waals surface area contributed by atoms with Crippen LogP contribution in [0.5, 0.6) is 0 Å². The highest BCUT2D eigenvalue weighted by Gasteiger charge is 2.51. The number of hydrogen-bond acceptors (Lipinski definition) is 6. The lowest BCUT2D eigenvalue weighted by Gasteiger charge is -2.37. The molecule has 3 fully saturated rings. The molecule has 2 aromatic carbocycles. The van der Waals surface area contributed by atoms with Crippen LogP contribution in [0.15, 0.2) is 35.2 Å². The van der Waals surface area contributed by atoms with Gasteiger partial charge in [0.15, 0.2) is 27.3 Å². The molecule has 41 heavy (non-hydrogen) atoms. The molecule has 2 saturated carbocycles. The molecule has 0 aromatic heterocycles. The van der Waals surface area contributed by atoms with E-state index < -0.39 is 56.7 Å². The van der Waals surface area contributed by atoms with E-state index in [2.05, 4.69) is 10.6 Å². The monoisotopic (exact) mass is 615 g/mol. The number of halogens is 4. The number of sulfone groups is 1. The van der Waals surface area contributed by atoms with E-state index in [0.717, 1.165) is 6.07 Å². The number of carbonyl (C=O) groups is 2. The van der Waals surface area contributed by atoms with Crippen LogP contribution in [0.4, 0.5) is 23.7 Å². The Hall–Kier alpha value is -2.87. The Morgan fingerprint density at radius 1 is 1.00 bits per heavy atom. The van der Waals surface area contributed by atoms with Crippen LogP contribution in [0.3, 0.4) is 0 Å². The van der Waals surface area contributed by atoms with Crippen molar-refractivity contribution < 1.29 is 41.4 Å². The van der Waals surface area contributed by atoms with E-state index in [0.29, 0.717) is 18.6 Å². The number of anilines is 1. The van der Waals surface area contributed by atoms with Gasteiger partial charge in [0.05, 0.1) is 40.5 Å². The van der Waals surface area contributed by atoms with Crippen molar-refractivity contribution in [1.29, 1.82) is 0 Å². The van der Waals surface area contributed by atoms with Gasteiger partial charge in [-0.15, -0.1) is 0 Å². The number of fused-ring (bicyclic) bond motifs is 2. The van der Waals surface area contributed by atoms with Crippen molar-refractivity contribution in [3.63, 3.8) is 0 Å². The third-order valence-electron chi connectivity index (χ3n) is 8.49. The molecule has 7 atom stereocenters. The van der Waals surface area contributed by atoms with Crippen LogP contribution in [0.1, 0.15) is 36.5 Å². The fraction of sp³-hybridized carbons (Fsp3) is 0.481. The summed E-state index contributed by atoms with van der Waals surface area (Å²) in [5.41, 5.74) is -0.486. The summed E-state index contributed by atoms with van der Waals surface area (Å²) in [5.74, 6) is -5.71. The Kier molecular flexibility index (Phi) is 8.01. The van der Waals surface area contributed by atoms with Crippen LogP contribution >= 0.6 is 11.6 Å². The number of urea groups is 1. The Morgan fingerprint density at radius 2 is 1.63 bits per heavy atom. The molecular weight excluding hydrogens is 587 g/mol. The summed E-state index contributed by atoms with van der Waals surface area (Å²) in [6.45, 7) is 2.02. The smallest absolute Gasteiger partial charge is 0.317 e. The Morgan fingerprint density at radius 3 is 2.24 bits per heavy atom. The van der Waals surface area contributed by atoms with Crippen molar-refractivity contribution in [2.45, 2.75) is 54.6 Å². The second-order valence-electron chi connectivity index (χ2n) is 11.1. The van der Waals surface area contributed by atoms with E-state index >= 15 is 0 Å². The van der Waals surface area contributed by atoms with Crippen LogP contribution in [-0.4, -0.2) is 72.1 Å². The Bertz CT molecular complexity index is 1460. The van der Waals surface area contributed by atoms with E-state index in [1.807, 2.05) is 6.92 Å². The second kappa shape index (κ2) is 11.1. The van der Waals surface area contributed by atoms with Crippen molar-refractivity contribution in [3.05, 3.63) is 58.4 Å². The minimum absolute atomic E-state index is 0.00900. The van der Waals surface area contributed by atoms with Gasteiger partial charge in [0.1, 0.15) is 0 Å². The van der Waals surface area contributed by atoms with Crippen molar-refractivity contribution in [2.75, 3.05) is 18.4 Å². The van der Waals surface area contributed by atoms with Gasteiger partial charge in [-0.25, -0.2) is 26.4 Å². The van der Waals surface area contributed by atoms with Crippen LogP contribution in [0.2, 0.25) is 5.02 Å². The average Bonchev–Trinajstić information content (AvgIpc) is 3.32. The summed E-state index contributed by atoms with van der Waals surface area (Å²) in [6, 6.07) is 4.13. The number of nitrogens with zero attached hydrogens (tertiary/aromatic N) is 1. The first kappa shape index (κ1) is 29.6. The Balaban J connectivity index is 1.32. The quantitative estimate of drug-likeness (QED) is 0.381. The summed E-state index contributed by atoms with van der Waals surface area (Å²) < 4.78 is 68.0. The first-order valence-electron chi connectivity index (χ1n) is 13.2. The lowest BCUT2D eigenvalue weighted by molar-refractivity contribution is 0.0572. The molecule has 5 rings (SSSR count). The molecule has 2 bridgehead atoms. The minimum Gasteiger partial charge on any atom is -0.388 e. The first-order chi connectivity index (χ1) is 19.3. The van der Waals surface area contributed by atoms with E-state index in [4.69, 9.17) is 11.6 Å². The zero-order valence-corrected chi connectivity index (χ0v) is 23.4. The van der Waals surface area contributed by atoms with Gasteiger partial charge < -0.3 is 25.7 Å². The minimum atomic E-state index is -4.04. The average molecular weight is 616 g/mol. The number of rotatable bonds is 5. The molecule has 0 spiro atoms. The van der Waals surface area contributed by atoms with E-state index in [1.165, 1.54) is 17.0 Å². The van der Waals surface area contributed by atoms with Crippen molar-refractivity contribution in [1.82, 2.24) is 10.2 Å². The number of likely N-dealkylation sites (tertiary alicyclic amines) is 1. The van der Waals surface area contributed by atoms with Crippen LogP contribution in [-0.2, 0) is 9.84 Å². The largest absolute Gasteiger partial charge is 0.388 e. The molecule has 5 unspecified atom stereocenters. The SMILES string of the molecule is C[C@H]1CC2CC(S(=O)(=O)c3cc(C(=O)Nc4cc(F)c(F)c(F)c4)ccc3Cl)C[C@H]1C2NC(=O)N1CC(O)C(O)C1. The Labute approximate surface area is 239 Å². The number of hydrogen-bond donors (Lipinski definition) is 4. The van der Waals surface area contributed by atoms with Crippen LogP contribution < -0.4 is 10.6 Å². The van der Waals surface area contributed by atoms with Gasteiger partial charge in [-0.05, 0) is 55.2 Å². The predicted octanol–water partition coefficient (Wildman–Crippen LogP) is 3.33.